The number of thiophene rings is 1. The van der Waals surface area contributed by atoms with Crippen molar-refractivity contribution in [2.45, 2.75) is 30.3 Å². The quantitative estimate of drug-likeness (QED) is 0.861. The Morgan fingerprint density at radius 3 is 2.85 bits per heavy atom. The van der Waals surface area contributed by atoms with Crippen molar-refractivity contribution in [2.75, 3.05) is 27.2 Å². The van der Waals surface area contributed by atoms with Crippen LogP contribution < -0.4 is 5.73 Å². The predicted molar refractivity (Wildman–Crippen MR) is 85.4 cm³/mol. The lowest BCUT2D eigenvalue weighted by Crippen LogP contribution is -2.47. The second-order valence-corrected chi connectivity index (χ2v) is 9.55. The van der Waals surface area contributed by atoms with Crippen LogP contribution in [0.25, 0.3) is 0 Å². The van der Waals surface area contributed by atoms with Crippen molar-refractivity contribution in [3.05, 3.63) is 14.7 Å². The first kappa shape index (κ1) is 16.4. The zero-order valence-electron chi connectivity index (χ0n) is 11.7. The van der Waals surface area contributed by atoms with Crippen molar-refractivity contribution in [3.63, 3.8) is 0 Å². The fraction of sp³-hybridized carbons (Fsp3) is 0.667. The third kappa shape index (κ3) is 3.26. The maximum absolute atomic E-state index is 12.7. The summed E-state index contributed by atoms with van der Waals surface area (Å²) in [5.74, 6) is 0. The highest BCUT2D eigenvalue weighted by Crippen LogP contribution is 2.34. The van der Waals surface area contributed by atoms with Gasteiger partial charge in [-0.15, -0.1) is 11.3 Å². The number of likely N-dealkylation sites (tertiary alicyclic amines) is 1. The average molecular weight is 382 g/mol. The smallest absolute Gasteiger partial charge is 0.245 e. The van der Waals surface area contributed by atoms with Gasteiger partial charge in [0.1, 0.15) is 4.90 Å². The van der Waals surface area contributed by atoms with Crippen LogP contribution in [0.3, 0.4) is 0 Å². The molecule has 1 unspecified atom stereocenters. The van der Waals surface area contributed by atoms with E-state index in [1.165, 1.54) is 15.6 Å². The van der Waals surface area contributed by atoms with Crippen LogP contribution in [-0.4, -0.2) is 50.8 Å². The van der Waals surface area contributed by atoms with E-state index >= 15 is 0 Å². The normalized spacial score (nSPS) is 21.6. The van der Waals surface area contributed by atoms with Crippen molar-refractivity contribution in [3.8, 4) is 0 Å². The van der Waals surface area contributed by atoms with Crippen LogP contribution in [0.15, 0.2) is 14.7 Å². The molecule has 0 spiro atoms. The summed E-state index contributed by atoms with van der Waals surface area (Å²) in [5.41, 5.74) is 5.59. The minimum absolute atomic E-state index is 0.0341. The van der Waals surface area contributed by atoms with E-state index in [0.29, 0.717) is 15.2 Å². The van der Waals surface area contributed by atoms with Gasteiger partial charge in [-0.3, -0.25) is 0 Å². The number of rotatable bonds is 4. The van der Waals surface area contributed by atoms with Crippen molar-refractivity contribution in [1.29, 1.82) is 0 Å². The molecular weight excluding hydrogens is 362 g/mol. The predicted octanol–water partition coefficient (Wildman–Crippen LogP) is 1.68. The summed E-state index contributed by atoms with van der Waals surface area (Å²) in [6.45, 7) is 2.17. The van der Waals surface area contributed by atoms with Crippen molar-refractivity contribution >= 4 is 37.3 Å². The highest BCUT2D eigenvalue weighted by Gasteiger charge is 2.32. The summed E-state index contributed by atoms with van der Waals surface area (Å²) in [5, 5.41) is 0. The Bertz CT molecular complexity index is 573. The molecule has 1 saturated heterocycles. The maximum Gasteiger partial charge on any atom is 0.245 e. The molecule has 0 aromatic carbocycles. The van der Waals surface area contributed by atoms with Gasteiger partial charge in [0.15, 0.2) is 0 Å². The van der Waals surface area contributed by atoms with Crippen LogP contribution in [0, 0.1) is 0 Å². The van der Waals surface area contributed by atoms with Crippen LogP contribution in [0.5, 0.6) is 0 Å². The maximum atomic E-state index is 12.7. The fourth-order valence-electron chi connectivity index (χ4n) is 2.46. The van der Waals surface area contributed by atoms with Crippen LogP contribution in [0.4, 0.5) is 0 Å². The Labute approximate surface area is 132 Å². The van der Waals surface area contributed by atoms with E-state index in [0.717, 1.165) is 30.8 Å². The van der Waals surface area contributed by atoms with E-state index in [9.17, 15) is 8.42 Å². The van der Waals surface area contributed by atoms with E-state index in [4.69, 9.17) is 5.73 Å². The molecular formula is C12H20BrN3O2S2. The lowest BCUT2D eigenvalue weighted by molar-refractivity contribution is 0.187. The van der Waals surface area contributed by atoms with Gasteiger partial charge in [-0.1, -0.05) is 0 Å². The minimum atomic E-state index is -3.47. The Morgan fingerprint density at radius 2 is 2.30 bits per heavy atom. The number of nitrogens with zero attached hydrogens (tertiary/aromatic N) is 2. The van der Waals surface area contributed by atoms with Crippen molar-refractivity contribution < 1.29 is 8.42 Å². The largest absolute Gasteiger partial charge is 0.326 e. The highest BCUT2D eigenvalue weighted by atomic mass is 79.9. The van der Waals surface area contributed by atoms with E-state index in [1.807, 2.05) is 7.05 Å². The molecule has 0 amide bonds. The molecule has 1 aromatic heterocycles. The first-order chi connectivity index (χ1) is 9.36. The Hall–Kier alpha value is 0.01000. The number of piperidine rings is 1. The minimum Gasteiger partial charge on any atom is -0.326 e. The molecule has 1 aliphatic rings. The molecule has 114 valence electrons. The summed E-state index contributed by atoms with van der Waals surface area (Å²) in [6, 6.07) is 1.71. The number of hydrogen-bond acceptors (Lipinski definition) is 5. The Kier molecular flexibility index (Phi) is 5.25. The van der Waals surface area contributed by atoms with Gasteiger partial charge in [-0.05, 0) is 48.4 Å². The number of hydrogen-bond donors (Lipinski definition) is 1. The molecule has 0 radical (unpaired) electrons. The van der Waals surface area contributed by atoms with Gasteiger partial charge >= 0.3 is 0 Å². The van der Waals surface area contributed by atoms with Gasteiger partial charge in [0.2, 0.25) is 10.0 Å². The third-order valence-corrected chi connectivity index (χ3v) is 7.86. The van der Waals surface area contributed by atoms with Crippen LogP contribution >= 0.6 is 27.3 Å². The standard InChI is InChI=1S/C12H20BrN3O2S2/c1-15-5-3-4-9(8-15)16(2)20(17,18)11-6-10(7-14)19-12(11)13/h6,9H,3-5,7-8,14H2,1-2H3. The number of sulfonamides is 1. The summed E-state index contributed by atoms with van der Waals surface area (Å²) in [4.78, 5) is 3.37. The molecule has 20 heavy (non-hydrogen) atoms. The molecule has 0 aliphatic carbocycles. The summed E-state index contributed by atoms with van der Waals surface area (Å²) < 4.78 is 27.6. The topological polar surface area (TPSA) is 66.6 Å². The van der Waals surface area contributed by atoms with E-state index < -0.39 is 10.0 Å². The molecule has 1 atom stereocenters. The highest BCUT2D eigenvalue weighted by molar-refractivity contribution is 9.11. The number of halogens is 1. The fourth-order valence-corrected chi connectivity index (χ4v) is 6.35. The number of nitrogens with two attached hydrogens (primary N) is 1. The van der Waals surface area contributed by atoms with E-state index in [1.54, 1.807) is 13.1 Å². The van der Waals surface area contributed by atoms with E-state index in [2.05, 4.69) is 20.8 Å². The van der Waals surface area contributed by atoms with Gasteiger partial charge in [-0.2, -0.15) is 4.31 Å². The monoisotopic (exact) mass is 381 g/mol. The second-order valence-electron chi connectivity index (χ2n) is 5.13. The summed E-state index contributed by atoms with van der Waals surface area (Å²) in [7, 11) is 0.232. The van der Waals surface area contributed by atoms with Crippen LogP contribution in [0.1, 0.15) is 17.7 Å². The van der Waals surface area contributed by atoms with Gasteiger partial charge in [0.05, 0.1) is 3.79 Å². The number of likely N-dealkylation sites (N-methyl/N-ethyl adjacent to an activating group) is 2. The van der Waals surface area contributed by atoms with Crippen LogP contribution in [0.2, 0.25) is 0 Å². The zero-order valence-corrected chi connectivity index (χ0v) is 14.9. The summed E-state index contributed by atoms with van der Waals surface area (Å²) >= 11 is 4.73. The zero-order chi connectivity index (χ0) is 14.9. The SMILES string of the molecule is CN1CCCC(N(C)S(=O)(=O)c2cc(CN)sc2Br)C1. The third-order valence-electron chi connectivity index (χ3n) is 3.68. The lowest BCUT2D eigenvalue weighted by Gasteiger charge is -2.35. The molecule has 1 aliphatic heterocycles. The molecule has 0 bridgehead atoms. The average Bonchev–Trinajstić information content (AvgIpc) is 2.80. The van der Waals surface area contributed by atoms with Crippen molar-refractivity contribution in [2.24, 2.45) is 5.73 Å². The molecule has 0 saturated carbocycles. The first-order valence-corrected chi connectivity index (χ1v) is 9.56. The lowest BCUT2D eigenvalue weighted by atomic mass is 10.1. The van der Waals surface area contributed by atoms with Gasteiger partial charge in [0.25, 0.3) is 0 Å². The first-order valence-electron chi connectivity index (χ1n) is 6.51. The molecule has 5 nitrogen and oxygen atoms in total. The summed E-state index contributed by atoms with van der Waals surface area (Å²) in [6.07, 6.45) is 1.94. The van der Waals surface area contributed by atoms with Crippen molar-refractivity contribution in [1.82, 2.24) is 9.21 Å². The molecule has 8 heteroatoms. The second kappa shape index (κ2) is 6.41. The molecule has 1 aromatic rings. The molecule has 2 heterocycles. The Morgan fingerprint density at radius 1 is 1.60 bits per heavy atom. The van der Waals surface area contributed by atoms with Crippen LogP contribution in [-0.2, 0) is 16.6 Å². The van der Waals surface area contributed by atoms with Gasteiger partial charge in [0, 0.05) is 31.1 Å². The van der Waals surface area contributed by atoms with Gasteiger partial charge < -0.3 is 10.6 Å². The Balaban J connectivity index is 2.26. The molecule has 2 rings (SSSR count). The van der Waals surface area contributed by atoms with E-state index in [-0.39, 0.29) is 6.04 Å². The molecule has 1 fully saturated rings. The molecule has 2 N–H and O–H groups in total. The van der Waals surface area contributed by atoms with Gasteiger partial charge in [-0.25, -0.2) is 8.42 Å².